The number of ether oxygens (including phenoxy) is 1. The summed E-state index contributed by atoms with van der Waals surface area (Å²) < 4.78 is 19.6. The van der Waals surface area contributed by atoms with Gasteiger partial charge >= 0.3 is 6.03 Å². The minimum atomic E-state index is -0.514. The van der Waals surface area contributed by atoms with E-state index in [0.717, 1.165) is 6.42 Å². The number of aromatic nitrogens is 1. The maximum absolute atomic E-state index is 13.3. The maximum atomic E-state index is 13.3. The second-order valence-electron chi connectivity index (χ2n) is 7.98. The summed E-state index contributed by atoms with van der Waals surface area (Å²) in [5.74, 6) is -0.493. The third-order valence-electron chi connectivity index (χ3n) is 5.99. The zero-order valence-electron chi connectivity index (χ0n) is 16.8. The Morgan fingerprint density at radius 3 is 2.77 bits per heavy atom. The van der Waals surface area contributed by atoms with Gasteiger partial charge in [-0.2, -0.15) is 0 Å². The first kappa shape index (κ1) is 20.3. The molecule has 0 saturated carbocycles. The number of nitrogens with one attached hydrogen (secondary N) is 2. The molecule has 1 aromatic carbocycles. The lowest BCUT2D eigenvalue weighted by atomic mass is 9.80. The second-order valence-corrected chi connectivity index (χ2v) is 7.98. The highest BCUT2D eigenvalue weighted by molar-refractivity contribution is 5.94. The summed E-state index contributed by atoms with van der Waals surface area (Å²) in [6.07, 6.45) is 4.81. The molecule has 158 valence electrons. The van der Waals surface area contributed by atoms with Gasteiger partial charge in [0.25, 0.3) is 5.91 Å². The molecule has 2 aliphatic rings. The Hall–Kier alpha value is -3.00. The summed E-state index contributed by atoms with van der Waals surface area (Å²) in [4.78, 5) is 30.9. The predicted molar refractivity (Wildman–Crippen MR) is 110 cm³/mol. The lowest BCUT2D eigenvalue weighted by Crippen LogP contribution is -2.53. The average Bonchev–Trinajstić information content (AvgIpc) is 3.16. The number of hydrogen-bond donors (Lipinski definition) is 2. The average molecular weight is 412 g/mol. The fourth-order valence-corrected chi connectivity index (χ4v) is 4.28. The number of hydrogen-bond acceptors (Lipinski definition) is 4. The highest BCUT2D eigenvalue weighted by Crippen LogP contribution is 2.42. The van der Waals surface area contributed by atoms with Crippen LogP contribution in [-0.4, -0.2) is 46.6 Å². The van der Waals surface area contributed by atoms with Crippen LogP contribution in [0.5, 0.6) is 0 Å². The van der Waals surface area contributed by atoms with Gasteiger partial charge in [-0.25, -0.2) is 9.18 Å². The smallest absolute Gasteiger partial charge is 0.321 e. The molecule has 2 N–H and O–H groups in total. The first-order valence-electron chi connectivity index (χ1n) is 10.2. The molecule has 8 heteroatoms. The van der Waals surface area contributed by atoms with Crippen LogP contribution in [0.25, 0.3) is 0 Å². The largest absolute Gasteiger partial charge is 0.362 e. The van der Waals surface area contributed by atoms with E-state index in [-0.39, 0.29) is 17.9 Å². The topological polar surface area (TPSA) is 83.6 Å². The van der Waals surface area contributed by atoms with Crippen molar-refractivity contribution in [1.29, 1.82) is 0 Å². The molecule has 0 radical (unpaired) electrons. The SMILES string of the molecule is C[C@@H]1CN(C(=O)Nc2cccc(F)c2)CC[C@@]12CC[C@@H](C(=O)Nc1cccnc1)O2. The van der Waals surface area contributed by atoms with Gasteiger partial charge in [-0.1, -0.05) is 13.0 Å². The molecule has 0 bridgehead atoms. The fourth-order valence-electron chi connectivity index (χ4n) is 4.28. The number of amides is 3. The number of carbonyl (C=O) groups is 2. The van der Waals surface area contributed by atoms with Crippen LogP contribution in [0, 0.1) is 11.7 Å². The van der Waals surface area contributed by atoms with Crippen LogP contribution in [0.1, 0.15) is 26.2 Å². The minimum absolute atomic E-state index is 0.0701. The third kappa shape index (κ3) is 4.28. The molecule has 4 rings (SSSR count). The van der Waals surface area contributed by atoms with Crippen molar-refractivity contribution in [3.8, 4) is 0 Å². The molecule has 7 nitrogen and oxygen atoms in total. The molecule has 0 unspecified atom stereocenters. The summed E-state index contributed by atoms with van der Waals surface area (Å²) in [5, 5.41) is 5.59. The molecule has 2 fully saturated rings. The van der Waals surface area contributed by atoms with Crippen LogP contribution < -0.4 is 10.6 Å². The van der Waals surface area contributed by atoms with Gasteiger partial charge < -0.3 is 20.3 Å². The van der Waals surface area contributed by atoms with E-state index in [0.29, 0.717) is 37.3 Å². The van der Waals surface area contributed by atoms with Crippen LogP contribution in [-0.2, 0) is 9.53 Å². The Kier molecular flexibility index (Phi) is 5.67. The number of benzene rings is 1. The Balaban J connectivity index is 1.34. The van der Waals surface area contributed by atoms with E-state index in [1.54, 1.807) is 41.6 Å². The molecule has 3 atom stereocenters. The monoisotopic (exact) mass is 412 g/mol. The first-order valence-corrected chi connectivity index (χ1v) is 10.2. The van der Waals surface area contributed by atoms with Crippen molar-refractivity contribution < 1.29 is 18.7 Å². The lowest BCUT2D eigenvalue weighted by Gasteiger charge is -2.44. The number of rotatable bonds is 3. The van der Waals surface area contributed by atoms with E-state index in [4.69, 9.17) is 4.74 Å². The van der Waals surface area contributed by atoms with Crippen molar-refractivity contribution >= 4 is 23.3 Å². The van der Waals surface area contributed by atoms with Crippen LogP contribution in [0.2, 0.25) is 0 Å². The van der Waals surface area contributed by atoms with Crippen LogP contribution >= 0.6 is 0 Å². The van der Waals surface area contributed by atoms with Crippen LogP contribution in [0.4, 0.5) is 20.6 Å². The van der Waals surface area contributed by atoms with Gasteiger partial charge in [-0.05, 0) is 49.6 Å². The van der Waals surface area contributed by atoms with Crippen LogP contribution in [0.3, 0.4) is 0 Å². The number of pyridine rings is 1. The number of halogens is 1. The van der Waals surface area contributed by atoms with Crippen molar-refractivity contribution in [2.45, 2.75) is 37.9 Å². The molecular weight excluding hydrogens is 387 g/mol. The van der Waals surface area contributed by atoms with Gasteiger partial charge in [0.2, 0.25) is 0 Å². The van der Waals surface area contributed by atoms with Crippen molar-refractivity contribution in [2.24, 2.45) is 5.92 Å². The Labute approximate surface area is 174 Å². The van der Waals surface area contributed by atoms with E-state index in [1.165, 1.54) is 12.1 Å². The first-order chi connectivity index (χ1) is 14.4. The summed E-state index contributed by atoms with van der Waals surface area (Å²) >= 11 is 0. The molecule has 2 aliphatic heterocycles. The van der Waals surface area contributed by atoms with Gasteiger partial charge in [-0.3, -0.25) is 9.78 Å². The zero-order valence-corrected chi connectivity index (χ0v) is 16.8. The number of urea groups is 1. The summed E-state index contributed by atoms with van der Waals surface area (Å²) in [6, 6.07) is 9.13. The molecule has 0 aliphatic carbocycles. The lowest BCUT2D eigenvalue weighted by molar-refractivity contribution is -0.141. The molecule has 3 amide bonds. The van der Waals surface area contributed by atoms with Crippen molar-refractivity contribution in [3.05, 3.63) is 54.6 Å². The standard InChI is InChI=1S/C22H25FN4O3/c1-15-14-27(21(29)26-17-5-2-4-16(23)12-17)11-9-22(15)8-7-19(30-22)20(28)25-18-6-3-10-24-13-18/h2-6,10,12-13,15,19H,7-9,11,14H2,1H3,(H,25,28)(H,26,29)/t15-,19+,22+/m1/s1. The maximum Gasteiger partial charge on any atom is 0.321 e. The molecule has 3 heterocycles. The predicted octanol–water partition coefficient (Wildman–Crippen LogP) is 3.65. The van der Waals surface area contributed by atoms with Gasteiger partial charge in [0.1, 0.15) is 11.9 Å². The molecule has 30 heavy (non-hydrogen) atoms. The number of piperidine rings is 1. The summed E-state index contributed by atoms with van der Waals surface area (Å²) in [7, 11) is 0. The Morgan fingerprint density at radius 2 is 2.03 bits per heavy atom. The number of carbonyl (C=O) groups excluding carboxylic acids is 2. The Bertz CT molecular complexity index is 926. The second kappa shape index (κ2) is 8.39. The van der Waals surface area contributed by atoms with E-state index in [9.17, 15) is 14.0 Å². The summed E-state index contributed by atoms with van der Waals surface area (Å²) in [5.41, 5.74) is 0.660. The van der Waals surface area contributed by atoms with Gasteiger partial charge in [-0.15, -0.1) is 0 Å². The van der Waals surface area contributed by atoms with E-state index in [2.05, 4.69) is 15.6 Å². The van der Waals surface area contributed by atoms with Gasteiger partial charge in [0.15, 0.2) is 0 Å². The molecule has 1 aromatic heterocycles. The van der Waals surface area contributed by atoms with E-state index >= 15 is 0 Å². The normalized spacial score (nSPS) is 25.9. The fraction of sp³-hybridized carbons (Fsp3) is 0.409. The zero-order chi connectivity index (χ0) is 21.1. The molecule has 2 aromatic rings. The number of anilines is 2. The van der Waals surface area contributed by atoms with E-state index in [1.807, 2.05) is 6.92 Å². The van der Waals surface area contributed by atoms with Crippen LogP contribution in [0.15, 0.2) is 48.8 Å². The summed E-state index contributed by atoms with van der Waals surface area (Å²) in [6.45, 7) is 3.07. The molecule has 2 saturated heterocycles. The van der Waals surface area contributed by atoms with Gasteiger partial charge in [0, 0.05) is 30.9 Å². The number of nitrogens with zero attached hydrogens (tertiary/aromatic N) is 2. The van der Waals surface area contributed by atoms with E-state index < -0.39 is 17.5 Å². The quantitative estimate of drug-likeness (QED) is 0.806. The van der Waals surface area contributed by atoms with Gasteiger partial charge in [0.05, 0.1) is 17.5 Å². The molecular formula is C22H25FN4O3. The highest BCUT2D eigenvalue weighted by Gasteiger charge is 2.49. The number of likely N-dealkylation sites (tertiary alicyclic amines) is 1. The Morgan fingerprint density at radius 1 is 1.20 bits per heavy atom. The minimum Gasteiger partial charge on any atom is -0.362 e. The van der Waals surface area contributed by atoms with Crippen molar-refractivity contribution in [3.63, 3.8) is 0 Å². The third-order valence-corrected chi connectivity index (χ3v) is 5.99. The molecule has 1 spiro atoms. The van der Waals surface area contributed by atoms with Crippen molar-refractivity contribution in [2.75, 3.05) is 23.7 Å². The van der Waals surface area contributed by atoms with Crippen molar-refractivity contribution in [1.82, 2.24) is 9.88 Å². The highest BCUT2D eigenvalue weighted by atomic mass is 19.1.